The first-order valence-corrected chi connectivity index (χ1v) is 8.15. The number of benzene rings is 1. The monoisotopic (exact) mass is 306 g/mol. The van der Waals surface area contributed by atoms with Gasteiger partial charge in [-0.1, -0.05) is 19.1 Å². The van der Waals surface area contributed by atoms with E-state index in [9.17, 15) is 13.5 Å². The molecule has 0 spiro atoms. The Morgan fingerprint density at radius 2 is 2.05 bits per heavy atom. The summed E-state index contributed by atoms with van der Waals surface area (Å²) in [6, 6.07) is 9.65. The summed E-state index contributed by atoms with van der Waals surface area (Å²) in [4.78, 5) is 4.17. The van der Waals surface area contributed by atoms with E-state index in [1.54, 1.807) is 37.4 Å². The molecule has 1 aromatic carbocycles. The van der Waals surface area contributed by atoms with E-state index in [-0.39, 0.29) is 4.90 Å². The molecule has 0 amide bonds. The first kappa shape index (κ1) is 15.5. The Hall–Kier alpha value is -1.92. The zero-order valence-corrected chi connectivity index (χ0v) is 12.8. The third-order valence-electron chi connectivity index (χ3n) is 3.19. The highest BCUT2D eigenvalue weighted by Gasteiger charge is 2.17. The minimum atomic E-state index is -3.70. The topological polar surface area (TPSA) is 79.3 Å². The van der Waals surface area contributed by atoms with Crippen molar-refractivity contribution in [3.8, 4) is 0 Å². The van der Waals surface area contributed by atoms with E-state index in [4.69, 9.17) is 0 Å². The van der Waals surface area contributed by atoms with Gasteiger partial charge < -0.3 is 5.11 Å². The van der Waals surface area contributed by atoms with Crippen molar-refractivity contribution in [2.24, 2.45) is 0 Å². The van der Waals surface area contributed by atoms with E-state index < -0.39 is 16.1 Å². The highest BCUT2D eigenvalue weighted by molar-refractivity contribution is 7.92. The van der Waals surface area contributed by atoms with Crippen molar-refractivity contribution in [2.75, 3.05) is 4.72 Å². The molecule has 0 aliphatic carbocycles. The predicted molar refractivity (Wildman–Crippen MR) is 81.5 cm³/mol. The lowest BCUT2D eigenvalue weighted by Gasteiger charge is -2.12. The number of aromatic nitrogens is 1. The van der Waals surface area contributed by atoms with Gasteiger partial charge in [-0.3, -0.25) is 9.71 Å². The highest BCUT2D eigenvalue weighted by Crippen LogP contribution is 2.22. The molecule has 21 heavy (non-hydrogen) atoms. The van der Waals surface area contributed by atoms with E-state index in [1.165, 1.54) is 12.1 Å². The number of nitrogens with one attached hydrogen (secondary N) is 1. The molecular weight excluding hydrogens is 288 g/mol. The Balaban J connectivity index is 2.34. The Morgan fingerprint density at radius 3 is 2.71 bits per heavy atom. The molecule has 1 aromatic heterocycles. The molecule has 2 aromatic rings. The molecule has 0 saturated heterocycles. The van der Waals surface area contributed by atoms with Crippen LogP contribution >= 0.6 is 0 Å². The number of rotatable bonds is 5. The molecule has 0 bridgehead atoms. The summed E-state index contributed by atoms with van der Waals surface area (Å²) in [5, 5.41) is 9.83. The molecule has 5 nitrogen and oxygen atoms in total. The molecule has 0 fully saturated rings. The largest absolute Gasteiger partial charge is 0.388 e. The number of aliphatic hydroxyl groups is 1. The molecular formula is C15H18N2O3S. The van der Waals surface area contributed by atoms with E-state index in [0.29, 0.717) is 23.4 Å². The second-order valence-electron chi connectivity index (χ2n) is 4.74. The van der Waals surface area contributed by atoms with Gasteiger partial charge in [0.15, 0.2) is 0 Å². The normalized spacial score (nSPS) is 12.9. The summed E-state index contributed by atoms with van der Waals surface area (Å²) in [5.74, 6) is 0. The van der Waals surface area contributed by atoms with E-state index in [2.05, 4.69) is 9.71 Å². The van der Waals surface area contributed by atoms with E-state index >= 15 is 0 Å². The summed E-state index contributed by atoms with van der Waals surface area (Å²) < 4.78 is 27.3. The van der Waals surface area contributed by atoms with Crippen LogP contribution in [0.3, 0.4) is 0 Å². The summed E-state index contributed by atoms with van der Waals surface area (Å²) in [6.45, 7) is 3.57. The summed E-state index contributed by atoms with van der Waals surface area (Å²) >= 11 is 0. The molecule has 0 aliphatic heterocycles. The Morgan fingerprint density at radius 1 is 1.29 bits per heavy atom. The Labute approximate surface area is 124 Å². The number of hydrogen-bond donors (Lipinski definition) is 2. The van der Waals surface area contributed by atoms with Crippen LogP contribution in [0.15, 0.2) is 47.5 Å². The summed E-state index contributed by atoms with van der Waals surface area (Å²) in [6.07, 6.45) is 1.46. The van der Waals surface area contributed by atoms with Gasteiger partial charge in [-0.15, -0.1) is 0 Å². The lowest BCUT2D eigenvalue weighted by molar-refractivity contribution is 0.173. The van der Waals surface area contributed by atoms with Crippen molar-refractivity contribution in [3.05, 3.63) is 53.9 Å². The SMILES string of the molecule is CCC(O)c1cccc(S(=O)(=O)Nc2cccnc2C)c1. The number of nitrogens with zero attached hydrogens (tertiary/aromatic N) is 1. The molecule has 1 unspecified atom stereocenters. The molecule has 0 aliphatic rings. The van der Waals surface area contributed by atoms with Crippen LogP contribution in [-0.2, 0) is 10.0 Å². The number of aliphatic hydroxyl groups excluding tert-OH is 1. The maximum Gasteiger partial charge on any atom is 0.261 e. The Kier molecular flexibility index (Phi) is 4.59. The molecule has 1 heterocycles. The number of aryl methyl sites for hydroxylation is 1. The lowest BCUT2D eigenvalue weighted by atomic mass is 10.1. The zero-order chi connectivity index (χ0) is 15.5. The minimum absolute atomic E-state index is 0.121. The van der Waals surface area contributed by atoms with Crippen LogP contribution < -0.4 is 4.72 Å². The summed E-state index contributed by atoms with van der Waals surface area (Å²) in [5.41, 5.74) is 1.63. The molecule has 0 saturated carbocycles. The van der Waals surface area contributed by atoms with Crippen LogP contribution in [0.5, 0.6) is 0 Å². The van der Waals surface area contributed by atoms with Gasteiger partial charge in [-0.05, 0) is 43.2 Å². The van der Waals surface area contributed by atoms with Gasteiger partial charge in [-0.25, -0.2) is 8.42 Å². The van der Waals surface area contributed by atoms with Crippen LogP contribution in [0.1, 0.15) is 30.7 Å². The van der Waals surface area contributed by atoms with Gasteiger partial charge in [0, 0.05) is 6.20 Å². The van der Waals surface area contributed by atoms with Crippen molar-refractivity contribution in [1.82, 2.24) is 4.98 Å². The number of hydrogen-bond acceptors (Lipinski definition) is 4. The van der Waals surface area contributed by atoms with Crippen LogP contribution in [0.2, 0.25) is 0 Å². The molecule has 6 heteroatoms. The minimum Gasteiger partial charge on any atom is -0.388 e. The predicted octanol–water partition coefficient (Wildman–Crippen LogP) is 2.63. The second-order valence-corrected chi connectivity index (χ2v) is 6.42. The molecule has 112 valence electrons. The summed E-state index contributed by atoms with van der Waals surface area (Å²) in [7, 11) is -3.70. The van der Waals surface area contributed by atoms with E-state index in [1.807, 2.05) is 6.92 Å². The first-order chi connectivity index (χ1) is 9.94. The smallest absolute Gasteiger partial charge is 0.261 e. The van der Waals surface area contributed by atoms with Gasteiger partial charge in [0.2, 0.25) is 0 Å². The third kappa shape index (κ3) is 3.59. The van der Waals surface area contributed by atoms with Gasteiger partial charge in [0.25, 0.3) is 10.0 Å². The molecule has 2 rings (SSSR count). The zero-order valence-electron chi connectivity index (χ0n) is 11.9. The second kappa shape index (κ2) is 6.24. The molecule has 2 N–H and O–H groups in total. The van der Waals surface area contributed by atoms with Crippen LogP contribution in [0, 0.1) is 6.92 Å². The third-order valence-corrected chi connectivity index (χ3v) is 4.55. The van der Waals surface area contributed by atoms with Crippen molar-refractivity contribution in [3.63, 3.8) is 0 Å². The molecule has 1 atom stereocenters. The van der Waals surface area contributed by atoms with Gasteiger partial charge in [0.05, 0.1) is 22.4 Å². The maximum absolute atomic E-state index is 12.4. The van der Waals surface area contributed by atoms with Crippen LogP contribution in [0.4, 0.5) is 5.69 Å². The number of sulfonamides is 1. The average molecular weight is 306 g/mol. The fourth-order valence-corrected chi connectivity index (χ4v) is 3.09. The first-order valence-electron chi connectivity index (χ1n) is 6.66. The van der Waals surface area contributed by atoms with Gasteiger partial charge >= 0.3 is 0 Å². The van der Waals surface area contributed by atoms with Crippen molar-refractivity contribution < 1.29 is 13.5 Å². The van der Waals surface area contributed by atoms with Crippen molar-refractivity contribution in [1.29, 1.82) is 0 Å². The maximum atomic E-state index is 12.4. The van der Waals surface area contributed by atoms with Crippen molar-refractivity contribution >= 4 is 15.7 Å². The van der Waals surface area contributed by atoms with Crippen molar-refractivity contribution in [2.45, 2.75) is 31.3 Å². The van der Waals surface area contributed by atoms with Gasteiger partial charge in [0.1, 0.15) is 0 Å². The lowest BCUT2D eigenvalue weighted by Crippen LogP contribution is -2.14. The van der Waals surface area contributed by atoms with Crippen LogP contribution in [-0.4, -0.2) is 18.5 Å². The molecule has 0 radical (unpaired) electrons. The quantitative estimate of drug-likeness (QED) is 0.890. The van der Waals surface area contributed by atoms with Gasteiger partial charge in [-0.2, -0.15) is 0 Å². The fourth-order valence-electron chi connectivity index (χ4n) is 1.92. The Bertz CT molecular complexity index is 729. The fraction of sp³-hybridized carbons (Fsp3) is 0.267. The van der Waals surface area contributed by atoms with Crippen LogP contribution in [0.25, 0.3) is 0 Å². The highest BCUT2D eigenvalue weighted by atomic mass is 32.2. The number of anilines is 1. The van der Waals surface area contributed by atoms with E-state index in [0.717, 1.165) is 0 Å². The standard InChI is InChI=1S/C15H18N2O3S/c1-3-15(18)12-6-4-7-13(10-12)21(19,20)17-14-8-5-9-16-11(14)2/h4-10,15,17-18H,3H2,1-2H3. The average Bonchev–Trinajstić information content (AvgIpc) is 2.49. The number of pyridine rings is 1.